The summed E-state index contributed by atoms with van der Waals surface area (Å²) in [4.78, 5) is 0. The van der Waals surface area contributed by atoms with Gasteiger partial charge in [-0.15, -0.1) is 11.3 Å². The van der Waals surface area contributed by atoms with Gasteiger partial charge in [-0.2, -0.15) is 0 Å². The normalized spacial score (nSPS) is 10.3. The van der Waals surface area contributed by atoms with Crippen molar-refractivity contribution in [2.75, 3.05) is 0 Å². The van der Waals surface area contributed by atoms with Crippen LogP contribution in [-0.2, 0) is 0 Å². The molecule has 2 rings (SSSR count). The lowest BCUT2D eigenvalue weighted by molar-refractivity contribution is 0.481. The number of hydrogen-bond donors (Lipinski definition) is 2. The molecule has 1 aromatic heterocycles. The zero-order valence-corrected chi connectivity index (χ0v) is 7.06. The number of fused-ring (bicyclic) bond motifs is 1. The third-order valence-corrected chi connectivity index (χ3v) is 2.68. The van der Waals surface area contributed by atoms with Gasteiger partial charge >= 0.3 is 0 Å². The van der Waals surface area contributed by atoms with Crippen molar-refractivity contribution in [1.29, 1.82) is 5.41 Å². The van der Waals surface area contributed by atoms with Gasteiger partial charge in [0.05, 0.1) is 0 Å². The van der Waals surface area contributed by atoms with E-state index in [-0.39, 0.29) is 5.75 Å². The zero-order valence-electron chi connectivity index (χ0n) is 6.24. The van der Waals surface area contributed by atoms with E-state index in [2.05, 4.69) is 0 Å². The molecule has 0 aliphatic carbocycles. The molecule has 0 bridgehead atoms. The van der Waals surface area contributed by atoms with E-state index in [1.165, 1.54) is 0 Å². The molecule has 0 spiro atoms. The van der Waals surface area contributed by atoms with Crippen molar-refractivity contribution in [1.82, 2.24) is 0 Å². The molecule has 0 unspecified atom stereocenters. The van der Waals surface area contributed by atoms with Crippen molar-refractivity contribution in [3.8, 4) is 5.75 Å². The van der Waals surface area contributed by atoms with E-state index in [4.69, 9.17) is 5.41 Å². The smallest absolute Gasteiger partial charge is 0.132 e. The SMILES string of the molecule is N=Cc1ccc2sccc2c1O. The Labute approximate surface area is 73.6 Å². The van der Waals surface area contributed by atoms with E-state index in [9.17, 15) is 5.11 Å². The van der Waals surface area contributed by atoms with E-state index in [1.54, 1.807) is 17.4 Å². The molecule has 2 N–H and O–H groups in total. The monoisotopic (exact) mass is 177 g/mol. The first kappa shape index (κ1) is 7.31. The molecule has 60 valence electrons. The highest BCUT2D eigenvalue weighted by molar-refractivity contribution is 7.17. The van der Waals surface area contributed by atoms with Crippen LogP contribution in [0.2, 0.25) is 0 Å². The Balaban J connectivity index is 2.86. The standard InChI is InChI=1S/C9H7NOS/c10-5-6-1-2-8-7(9(6)11)3-4-12-8/h1-5,10-11H. The molecule has 0 saturated carbocycles. The summed E-state index contributed by atoms with van der Waals surface area (Å²) in [5.41, 5.74) is 0.570. The van der Waals surface area contributed by atoms with Crippen molar-refractivity contribution in [3.63, 3.8) is 0 Å². The van der Waals surface area contributed by atoms with E-state index in [0.29, 0.717) is 5.56 Å². The van der Waals surface area contributed by atoms with Crippen molar-refractivity contribution in [2.24, 2.45) is 0 Å². The summed E-state index contributed by atoms with van der Waals surface area (Å²) < 4.78 is 1.05. The first-order valence-corrected chi connectivity index (χ1v) is 4.40. The number of aromatic hydroxyl groups is 1. The van der Waals surface area contributed by atoms with E-state index in [0.717, 1.165) is 16.3 Å². The summed E-state index contributed by atoms with van der Waals surface area (Å²) >= 11 is 1.59. The Kier molecular flexibility index (Phi) is 1.59. The van der Waals surface area contributed by atoms with Gasteiger partial charge in [0.1, 0.15) is 5.75 Å². The highest BCUT2D eigenvalue weighted by Crippen LogP contribution is 2.30. The number of nitrogens with one attached hydrogen (secondary N) is 1. The lowest BCUT2D eigenvalue weighted by atomic mass is 10.1. The Morgan fingerprint density at radius 3 is 2.92 bits per heavy atom. The second kappa shape index (κ2) is 2.60. The minimum atomic E-state index is 0.212. The predicted molar refractivity (Wildman–Crippen MR) is 51.4 cm³/mol. The summed E-state index contributed by atoms with van der Waals surface area (Å²) in [6.45, 7) is 0. The summed E-state index contributed by atoms with van der Waals surface area (Å²) in [6.07, 6.45) is 1.16. The summed E-state index contributed by atoms with van der Waals surface area (Å²) in [5, 5.41) is 19.4. The van der Waals surface area contributed by atoms with Gasteiger partial charge in [0.15, 0.2) is 0 Å². The van der Waals surface area contributed by atoms with Crippen molar-refractivity contribution in [2.45, 2.75) is 0 Å². The summed E-state index contributed by atoms with van der Waals surface area (Å²) in [5.74, 6) is 0.212. The number of phenols is 1. The lowest BCUT2D eigenvalue weighted by Gasteiger charge is -1.98. The average Bonchev–Trinajstić information content (AvgIpc) is 2.53. The van der Waals surface area contributed by atoms with Gasteiger partial charge in [-0.05, 0) is 23.6 Å². The Hall–Kier alpha value is -1.35. The topological polar surface area (TPSA) is 44.1 Å². The molecular formula is C9H7NOS. The molecular weight excluding hydrogens is 170 g/mol. The summed E-state index contributed by atoms with van der Waals surface area (Å²) in [7, 11) is 0. The van der Waals surface area contributed by atoms with Crippen LogP contribution in [0.3, 0.4) is 0 Å². The first-order valence-electron chi connectivity index (χ1n) is 3.52. The summed E-state index contributed by atoms with van der Waals surface area (Å²) in [6, 6.07) is 5.53. The third-order valence-electron chi connectivity index (χ3n) is 1.79. The third kappa shape index (κ3) is 0.905. The van der Waals surface area contributed by atoms with Crippen LogP contribution < -0.4 is 0 Å². The minimum absolute atomic E-state index is 0.212. The van der Waals surface area contributed by atoms with Crippen LogP contribution in [0.5, 0.6) is 5.75 Å². The zero-order chi connectivity index (χ0) is 8.55. The van der Waals surface area contributed by atoms with Crippen LogP contribution >= 0.6 is 11.3 Å². The highest BCUT2D eigenvalue weighted by atomic mass is 32.1. The number of hydrogen-bond acceptors (Lipinski definition) is 3. The molecule has 0 atom stereocenters. The molecule has 3 heteroatoms. The molecule has 12 heavy (non-hydrogen) atoms. The van der Waals surface area contributed by atoms with E-state index in [1.807, 2.05) is 17.5 Å². The van der Waals surface area contributed by atoms with Crippen molar-refractivity contribution >= 4 is 27.6 Å². The molecule has 2 nitrogen and oxygen atoms in total. The molecule has 0 radical (unpaired) electrons. The Morgan fingerprint density at radius 2 is 2.17 bits per heavy atom. The molecule has 0 aliphatic rings. The largest absolute Gasteiger partial charge is 0.507 e. The van der Waals surface area contributed by atoms with Crippen LogP contribution in [0.4, 0.5) is 0 Å². The van der Waals surface area contributed by atoms with Gasteiger partial charge in [-0.3, -0.25) is 0 Å². The van der Waals surface area contributed by atoms with Crippen molar-refractivity contribution < 1.29 is 5.11 Å². The quantitative estimate of drug-likeness (QED) is 0.646. The fourth-order valence-electron chi connectivity index (χ4n) is 1.16. The van der Waals surface area contributed by atoms with Crippen LogP contribution in [-0.4, -0.2) is 11.3 Å². The number of rotatable bonds is 1. The predicted octanol–water partition coefficient (Wildman–Crippen LogP) is 2.60. The molecule has 1 aromatic carbocycles. The van der Waals surface area contributed by atoms with Gasteiger partial charge < -0.3 is 10.5 Å². The fraction of sp³-hybridized carbons (Fsp3) is 0. The maximum absolute atomic E-state index is 9.59. The Morgan fingerprint density at radius 1 is 1.33 bits per heavy atom. The second-order valence-electron chi connectivity index (χ2n) is 2.48. The number of benzene rings is 1. The minimum Gasteiger partial charge on any atom is -0.507 e. The van der Waals surface area contributed by atoms with Crippen LogP contribution in [0, 0.1) is 5.41 Å². The second-order valence-corrected chi connectivity index (χ2v) is 3.43. The molecule has 0 aliphatic heterocycles. The molecule has 0 saturated heterocycles. The van der Waals surface area contributed by atoms with E-state index >= 15 is 0 Å². The van der Waals surface area contributed by atoms with Crippen LogP contribution in [0.1, 0.15) is 5.56 Å². The maximum atomic E-state index is 9.59. The molecule has 2 aromatic rings. The van der Waals surface area contributed by atoms with E-state index < -0.39 is 0 Å². The van der Waals surface area contributed by atoms with Gasteiger partial charge in [0.2, 0.25) is 0 Å². The van der Waals surface area contributed by atoms with Gasteiger partial charge in [0.25, 0.3) is 0 Å². The first-order chi connectivity index (χ1) is 5.83. The van der Waals surface area contributed by atoms with Gasteiger partial charge in [-0.25, -0.2) is 0 Å². The van der Waals surface area contributed by atoms with Gasteiger partial charge in [0, 0.05) is 21.9 Å². The van der Waals surface area contributed by atoms with Crippen LogP contribution in [0.15, 0.2) is 23.6 Å². The molecule has 1 heterocycles. The lowest BCUT2D eigenvalue weighted by Crippen LogP contribution is -1.79. The maximum Gasteiger partial charge on any atom is 0.132 e. The fourth-order valence-corrected chi connectivity index (χ4v) is 1.95. The Bertz CT molecular complexity index is 433. The van der Waals surface area contributed by atoms with Gasteiger partial charge in [-0.1, -0.05) is 0 Å². The van der Waals surface area contributed by atoms with Crippen LogP contribution in [0.25, 0.3) is 10.1 Å². The number of phenolic OH excluding ortho intramolecular Hbond substituents is 1. The molecule has 0 amide bonds. The van der Waals surface area contributed by atoms with Crippen molar-refractivity contribution in [3.05, 3.63) is 29.1 Å². The highest BCUT2D eigenvalue weighted by Gasteiger charge is 2.03. The number of thiophene rings is 1. The average molecular weight is 177 g/mol. The molecule has 0 fully saturated rings.